The molecule has 4 heteroatoms. The lowest BCUT2D eigenvalue weighted by molar-refractivity contribution is -0.134. The summed E-state index contributed by atoms with van der Waals surface area (Å²) < 4.78 is 0. The first kappa shape index (κ1) is 23.4. The maximum atomic E-state index is 12.4. The first-order chi connectivity index (χ1) is 12.0. The van der Waals surface area contributed by atoms with Crippen molar-refractivity contribution in [1.82, 2.24) is 15.1 Å². The van der Waals surface area contributed by atoms with Crippen molar-refractivity contribution in [3.8, 4) is 0 Å². The first-order valence-electron chi connectivity index (χ1n) is 10.8. The van der Waals surface area contributed by atoms with E-state index in [2.05, 4.69) is 63.6 Å². The average molecular weight is 368 g/mol. The highest BCUT2D eigenvalue weighted by molar-refractivity contribution is 5.76. The van der Waals surface area contributed by atoms with E-state index in [0.717, 1.165) is 77.4 Å². The van der Waals surface area contributed by atoms with Gasteiger partial charge in [0.15, 0.2) is 0 Å². The normalized spacial score (nSPS) is 21.3. The van der Waals surface area contributed by atoms with Crippen molar-refractivity contribution >= 4 is 5.91 Å². The minimum absolute atomic E-state index is 0.324. The number of piperidine rings is 1. The number of hydrogen-bond donors (Lipinski definition) is 1. The molecule has 2 rings (SSSR count). The van der Waals surface area contributed by atoms with Gasteiger partial charge in [0.05, 0.1) is 0 Å². The summed E-state index contributed by atoms with van der Waals surface area (Å²) in [7, 11) is 0. The van der Waals surface area contributed by atoms with Crippen molar-refractivity contribution < 1.29 is 4.79 Å². The zero-order valence-electron chi connectivity index (χ0n) is 18.7. The van der Waals surface area contributed by atoms with Crippen molar-refractivity contribution in [1.29, 1.82) is 0 Å². The standard InChI is InChI=1S/C18H35N3O.C4H10/c1-17(2,3)18(4)7-12-21(13-8-18)16(22)6-5-11-20-14-9-19-10-15-20;1-4(2)3/h19H,5-15H2,1-4H3;4H,1-3H3. The molecular weight excluding hydrogens is 322 g/mol. The largest absolute Gasteiger partial charge is 0.343 e. The van der Waals surface area contributed by atoms with Gasteiger partial charge >= 0.3 is 0 Å². The van der Waals surface area contributed by atoms with Crippen LogP contribution in [0.3, 0.4) is 0 Å². The number of likely N-dealkylation sites (tertiary alicyclic amines) is 1. The Hall–Kier alpha value is -0.610. The van der Waals surface area contributed by atoms with Crippen molar-refractivity contribution in [3.05, 3.63) is 0 Å². The Bertz CT molecular complexity index is 397. The fourth-order valence-electron chi connectivity index (χ4n) is 3.55. The van der Waals surface area contributed by atoms with Crippen LogP contribution in [0.1, 0.15) is 74.1 Å². The summed E-state index contributed by atoms with van der Waals surface area (Å²) in [5.74, 6) is 1.20. The topological polar surface area (TPSA) is 35.6 Å². The number of hydrogen-bond acceptors (Lipinski definition) is 3. The molecule has 0 aromatic carbocycles. The van der Waals surface area contributed by atoms with Crippen molar-refractivity contribution in [2.45, 2.75) is 74.1 Å². The summed E-state index contributed by atoms with van der Waals surface area (Å²) in [6.45, 7) is 23.3. The van der Waals surface area contributed by atoms with Crippen LogP contribution in [0.2, 0.25) is 0 Å². The first-order valence-corrected chi connectivity index (χ1v) is 10.8. The molecule has 154 valence electrons. The molecule has 0 unspecified atom stereocenters. The second-order valence-corrected chi connectivity index (χ2v) is 10.1. The summed E-state index contributed by atoms with van der Waals surface area (Å²) in [5, 5.41) is 3.37. The molecule has 0 bridgehead atoms. The minimum atomic E-state index is 0.324. The van der Waals surface area contributed by atoms with Gasteiger partial charge in [-0.15, -0.1) is 0 Å². The third-order valence-electron chi connectivity index (χ3n) is 6.10. The SMILES string of the molecule is CC(C)(C)C1(C)CCN(C(=O)CCCN2CCNCC2)CC1.CC(C)C. The number of carbonyl (C=O) groups excluding carboxylic acids is 1. The van der Waals surface area contributed by atoms with Crippen molar-refractivity contribution in [2.24, 2.45) is 16.7 Å². The Balaban J connectivity index is 0.000000765. The quantitative estimate of drug-likeness (QED) is 0.815. The lowest BCUT2D eigenvalue weighted by atomic mass is 9.63. The Kier molecular flexibility index (Phi) is 9.60. The van der Waals surface area contributed by atoms with Gasteiger partial charge in [0.25, 0.3) is 0 Å². The third kappa shape index (κ3) is 7.96. The number of amides is 1. The summed E-state index contributed by atoms with van der Waals surface area (Å²) in [5.41, 5.74) is 0.690. The highest BCUT2D eigenvalue weighted by Crippen LogP contribution is 2.46. The molecule has 4 nitrogen and oxygen atoms in total. The molecule has 1 N–H and O–H groups in total. The van der Waals surface area contributed by atoms with Crippen LogP contribution in [0.15, 0.2) is 0 Å². The maximum absolute atomic E-state index is 12.4. The molecule has 2 saturated heterocycles. The molecule has 0 aliphatic carbocycles. The van der Waals surface area contributed by atoms with E-state index in [-0.39, 0.29) is 0 Å². The van der Waals surface area contributed by atoms with Crippen LogP contribution < -0.4 is 5.32 Å². The molecule has 1 amide bonds. The van der Waals surface area contributed by atoms with Gasteiger partial charge in [0.1, 0.15) is 0 Å². The molecule has 0 spiro atoms. The number of nitrogens with one attached hydrogen (secondary N) is 1. The third-order valence-corrected chi connectivity index (χ3v) is 6.10. The van der Waals surface area contributed by atoms with Crippen LogP contribution >= 0.6 is 0 Å². The van der Waals surface area contributed by atoms with Gasteiger partial charge in [-0.2, -0.15) is 0 Å². The number of nitrogens with zero attached hydrogens (tertiary/aromatic N) is 2. The fraction of sp³-hybridized carbons (Fsp3) is 0.955. The van der Waals surface area contributed by atoms with E-state index in [9.17, 15) is 4.79 Å². The molecule has 0 radical (unpaired) electrons. The summed E-state index contributed by atoms with van der Waals surface area (Å²) in [4.78, 5) is 17.0. The van der Waals surface area contributed by atoms with Gasteiger partial charge in [-0.05, 0) is 42.6 Å². The van der Waals surface area contributed by atoms with Gasteiger partial charge < -0.3 is 15.1 Å². The number of piperazine rings is 1. The molecule has 0 atom stereocenters. The second-order valence-electron chi connectivity index (χ2n) is 10.1. The molecule has 2 aliphatic rings. The second kappa shape index (κ2) is 10.7. The highest BCUT2D eigenvalue weighted by atomic mass is 16.2. The van der Waals surface area contributed by atoms with Crippen LogP contribution in [-0.2, 0) is 4.79 Å². The van der Waals surface area contributed by atoms with Crippen LogP contribution in [0, 0.1) is 16.7 Å². The highest BCUT2D eigenvalue weighted by Gasteiger charge is 2.40. The molecule has 0 aromatic rings. The van der Waals surface area contributed by atoms with Crippen LogP contribution in [0.5, 0.6) is 0 Å². The molecule has 2 fully saturated rings. The molecular formula is C22H45N3O. The van der Waals surface area contributed by atoms with Gasteiger partial charge in [-0.3, -0.25) is 4.79 Å². The number of carbonyl (C=O) groups is 1. The predicted octanol–water partition coefficient (Wildman–Crippen LogP) is 4.01. The zero-order chi connectivity index (χ0) is 19.8. The van der Waals surface area contributed by atoms with Crippen LogP contribution in [-0.4, -0.2) is 61.5 Å². The van der Waals surface area contributed by atoms with E-state index in [4.69, 9.17) is 0 Å². The van der Waals surface area contributed by atoms with Crippen molar-refractivity contribution in [3.63, 3.8) is 0 Å². The van der Waals surface area contributed by atoms with Gasteiger partial charge in [-0.25, -0.2) is 0 Å². The van der Waals surface area contributed by atoms with Gasteiger partial charge in [0.2, 0.25) is 5.91 Å². The van der Waals surface area contributed by atoms with E-state index in [1.165, 1.54) is 0 Å². The molecule has 2 heterocycles. The predicted molar refractivity (Wildman–Crippen MR) is 112 cm³/mol. The average Bonchev–Trinajstić information content (AvgIpc) is 2.55. The van der Waals surface area contributed by atoms with Crippen molar-refractivity contribution in [2.75, 3.05) is 45.8 Å². The lowest BCUT2D eigenvalue weighted by Crippen LogP contribution is -2.47. The molecule has 0 aromatic heterocycles. The Morgan fingerprint density at radius 1 is 1.04 bits per heavy atom. The van der Waals surface area contributed by atoms with E-state index >= 15 is 0 Å². The lowest BCUT2D eigenvalue weighted by Gasteiger charge is -2.48. The Labute approximate surface area is 163 Å². The summed E-state index contributed by atoms with van der Waals surface area (Å²) >= 11 is 0. The Morgan fingerprint density at radius 2 is 1.54 bits per heavy atom. The van der Waals surface area contributed by atoms with Gasteiger partial charge in [0, 0.05) is 45.7 Å². The fourth-order valence-corrected chi connectivity index (χ4v) is 3.55. The van der Waals surface area contributed by atoms with Gasteiger partial charge in [-0.1, -0.05) is 48.5 Å². The molecule has 26 heavy (non-hydrogen) atoms. The monoisotopic (exact) mass is 367 g/mol. The van der Waals surface area contributed by atoms with E-state index in [1.54, 1.807) is 0 Å². The number of rotatable bonds is 4. The molecule has 2 aliphatic heterocycles. The zero-order valence-corrected chi connectivity index (χ0v) is 18.7. The van der Waals surface area contributed by atoms with Crippen LogP contribution in [0.4, 0.5) is 0 Å². The van der Waals surface area contributed by atoms with E-state index in [1.807, 2.05) is 0 Å². The summed E-state index contributed by atoms with van der Waals surface area (Å²) in [6.07, 6.45) is 4.00. The van der Waals surface area contributed by atoms with Crippen LogP contribution in [0.25, 0.3) is 0 Å². The Morgan fingerprint density at radius 3 is 2.00 bits per heavy atom. The van der Waals surface area contributed by atoms with E-state index in [0.29, 0.717) is 16.7 Å². The smallest absolute Gasteiger partial charge is 0.222 e. The minimum Gasteiger partial charge on any atom is -0.343 e. The summed E-state index contributed by atoms with van der Waals surface area (Å²) in [6, 6.07) is 0. The molecule has 0 saturated carbocycles. The maximum Gasteiger partial charge on any atom is 0.222 e. The van der Waals surface area contributed by atoms with E-state index < -0.39 is 0 Å².